The molecule has 0 spiro atoms. The monoisotopic (exact) mass is 517 g/mol. The van der Waals surface area contributed by atoms with Gasteiger partial charge in [0.1, 0.15) is 11.6 Å². The molecule has 1 aliphatic heterocycles. The van der Waals surface area contributed by atoms with Crippen molar-refractivity contribution in [2.45, 2.75) is 25.8 Å². The molecule has 1 atom stereocenters. The van der Waals surface area contributed by atoms with Crippen molar-refractivity contribution in [1.82, 2.24) is 14.5 Å². The van der Waals surface area contributed by atoms with Crippen LogP contribution in [0, 0.1) is 17.7 Å². The molecule has 1 aliphatic carbocycles. The minimum Gasteiger partial charge on any atom is -0.342 e. The highest BCUT2D eigenvalue weighted by molar-refractivity contribution is 9.10. The Balaban J connectivity index is 1.35. The molecule has 6 rings (SSSR count). The Morgan fingerprint density at radius 2 is 1.68 bits per heavy atom. The zero-order valence-electron chi connectivity index (χ0n) is 18.8. The third kappa shape index (κ3) is 4.05. The van der Waals surface area contributed by atoms with Crippen molar-refractivity contribution < 1.29 is 9.18 Å². The third-order valence-corrected chi connectivity index (χ3v) is 7.61. The molecule has 1 saturated carbocycles. The number of benzene rings is 3. The number of fused-ring (bicyclic) bond motifs is 1. The molecule has 0 radical (unpaired) electrons. The Morgan fingerprint density at radius 1 is 0.971 bits per heavy atom. The second-order valence-electron chi connectivity index (χ2n) is 9.46. The number of carbonyl (C=O) groups is 1. The first-order valence-electron chi connectivity index (χ1n) is 11.9. The molecule has 0 N–H and O–H groups in total. The molecule has 2 aliphatic rings. The van der Waals surface area contributed by atoms with Crippen LogP contribution in [0.15, 0.2) is 71.2 Å². The van der Waals surface area contributed by atoms with Gasteiger partial charge in [-0.25, -0.2) is 9.37 Å². The van der Waals surface area contributed by atoms with Gasteiger partial charge in [-0.1, -0.05) is 54.6 Å². The summed E-state index contributed by atoms with van der Waals surface area (Å²) in [6.07, 6.45) is 3.02. The third-order valence-electron chi connectivity index (χ3n) is 7.01. The summed E-state index contributed by atoms with van der Waals surface area (Å²) in [4.78, 5) is 19.5. The van der Waals surface area contributed by atoms with Crippen molar-refractivity contribution in [3.63, 3.8) is 0 Å². The van der Waals surface area contributed by atoms with E-state index in [0.717, 1.165) is 60.3 Å². The standard InChI is InChI=1S/C28H25BrFN3O/c29-23-14-25-26(15-24(23)30)33(17-18-12-13-32(16-18)28(34)22-10-11-22)27(31-25)21-8-6-20(7-9-21)19-4-2-1-3-5-19/h1-9,14-15,18,22H,10-13,16-17H2. The van der Waals surface area contributed by atoms with Crippen molar-refractivity contribution >= 4 is 32.9 Å². The number of rotatable bonds is 5. The van der Waals surface area contributed by atoms with E-state index < -0.39 is 0 Å². The highest BCUT2D eigenvalue weighted by Crippen LogP contribution is 2.35. The summed E-state index contributed by atoms with van der Waals surface area (Å²) < 4.78 is 17.1. The fourth-order valence-corrected chi connectivity index (χ4v) is 5.33. The number of halogens is 2. The summed E-state index contributed by atoms with van der Waals surface area (Å²) in [5, 5.41) is 0. The van der Waals surface area contributed by atoms with Gasteiger partial charge in [-0.3, -0.25) is 4.79 Å². The predicted molar refractivity (Wildman–Crippen MR) is 136 cm³/mol. The van der Waals surface area contributed by atoms with Crippen LogP contribution in [-0.2, 0) is 11.3 Å². The van der Waals surface area contributed by atoms with E-state index in [-0.39, 0.29) is 11.7 Å². The first-order chi connectivity index (χ1) is 16.6. The Kier molecular flexibility index (Phi) is 5.48. The van der Waals surface area contributed by atoms with E-state index >= 15 is 0 Å². The fraction of sp³-hybridized carbons (Fsp3) is 0.286. The molecule has 2 fully saturated rings. The first-order valence-corrected chi connectivity index (χ1v) is 12.7. The van der Waals surface area contributed by atoms with E-state index in [0.29, 0.717) is 22.8 Å². The van der Waals surface area contributed by atoms with E-state index in [9.17, 15) is 9.18 Å². The van der Waals surface area contributed by atoms with Gasteiger partial charge in [-0.05, 0) is 58.3 Å². The van der Waals surface area contributed by atoms with Crippen molar-refractivity contribution in [2.24, 2.45) is 11.8 Å². The molecular weight excluding hydrogens is 493 g/mol. The maximum Gasteiger partial charge on any atom is 0.225 e. The number of amides is 1. The lowest BCUT2D eigenvalue weighted by Crippen LogP contribution is -2.30. The minimum atomic E-state index is -0.295. The zero-order chi connectivity index (χ0) is 23.2. The van der Waals surface area contributed by atoms with Gasteiger partial charge in [0.25, 0.3) is 0 Å². The summed E-state index contributed by atoms with van der Waals surface area (Å²) in [7, 11) is 0. The number of carbonyl (C=O) groups excluding carboxylic acids is 1. The summed E-state index contributed by atoms with van der Waals surface area (Å²) in [6.45, 7) is 2.29. The summed E-state index contributed by atoms with van der Waals surface area (Å²) in [5.41, 5.74) is 4.86. The largest absolute Gasteiger partial charge is 0.342 e. The Hall–Kier alpha value is -2.99. The maximum atomic E-state index is 14.5. The predicted octanol–water partition coefficient (Wildman–Crippen LogP) is 6.53. The van der Waals surface area contributed by atoms with E-state index in [4.69, 9.17) is 4.98 Å². The van der Waals surface area contributed by atoms with Gasteiger partial charge >= 0.3 is 0 Å². The highest BCUT2D eigenvalue weighted by Gasteiger charge is 2.36. The lowest BCUT2D eigenvalue weighted by molar-refractivity contribution is -0.131. The van der Waals surface area contributed by atoms with Gasteiger partial charge in [0, 0.05) is 37.2 Å². The van der Waals surface area contributed by atoms with Crippen LogP contribution in [0.4, 0.5) is 4.39 Å². The normalized spacial score (nSPS) is 18.1. The van der Waals surface area contributed by atoms with Crippen LogP contribution in [0.5, 0.6) is 0 Å². The summed E-state index contributed by atoms with van der Waals surface area (Å²) in [5.74, 6) is 1.42. The molecule has 4 aromatic rings. The minimum absolute atomic E-state index is 0.248. The maximum absolute atomic E-state index is 14.5. The van der Waals surface area contributed by atoms with Crippen LogP contribution in [0.1, 0.15) is 19.3 Å². The first kappa shape index (κ1) is 21.5. The fourth-order valence-electron chi connectivity index (χ4n) is 5.00. The Labute approximate surface area is 206 Å². The van der Waals surface area contributed by atoms with E-state index in [1.807, 2.05) is 23.1 Å². The smallest absolute Gasteiger partial charge is 0.225 e. The number of imidazole rings is 1. The molecule has 172 valence electrons. The number of hydrogen-bond acceptors (Lipinski definition) is 2. The van der Waals surface area contributed by atoms with Crippen molar-refractivity contribution in [1.29, 1.82) is 0 Å². The number of hydrogen-bond donors (Lipinski definition) is 0. The average molecular weight is 518 g/mol. The molecule has 6 heteroatoms. The molecule has 1 unspecified atom stereocenters. The molecule has 1 saturated heterocycles. The van der Waals surface area contributed by atoms with E-state index in [1.165, 1.54) is 5.56 Å². The lowest BCUT2D eigenvalue weighted by Gasteiger charge is -2.18. The number of aromatic nitrogens is 2. The van der Waals surface area contributed by atoms with Gasteiger partial charge in [0.15, 0.2) is 0 Å². The molecular formula is C28H25BrFN3O. The Morgan fingerprint density at radius 3 is 2.41 bits per heavy atom. The molecule has 34 heavy (non-hydrogen) atoms. The zero-order valence-corrected chi connectivity index (χ0v) is 20.3. The van der Waals surface area contributed by atoms with Crippen LogP contribution in [-0.4, -0.2) is 33.4 Å². The number of nitrogens with zero attached hydrogens (tertiary/aromatic N) is 3. The van der Waals surface area contributed by atoms with Crippen molar-refractivity contribution in [3.05, 3.63) is 77.0 Å². The quantitative estimate of drug-likeness (QED) is 0.301. The number of likely N-dealkylation sites (tertiary alicyclic amines) is 1. The summed E-state index contributed by atoms with van der Waals surface area (Å²) in [6, 6.07) is 22.0. The summed E-state index contributed by atoms with van der Waals surface area (Å²) >= 11 is 3.30. The highest BCUT2D eigenvalue weighted by atomic mass is 79.9. The van der Waals surface area contributed by atoms with Crippen molar-refractivity contribution in [2.75, 3.05) is 13.1 Å². The molecule has 3 aromatic carbocycles. The molecule has 1 aromatic heterocycles. The SMILES string of the molecule is O=C(C1CC1)N1CCC(Cn2c(-c3ccc(-c4ccccc4)cc3)nc3cc(Br)c(F)cc32)C1. The van der Waals surface area contributed by atoms with Gasteiger partial charge < -0.3 is 9.47 Å². The van der Waals surface area contributed by atoms with Crippen LogP contribution in [0.25, 0.3) is 33.5 Å². The second kappa shape index (κ2) is 8.66. The molecule has 0 bridgehead atoms. The van der Waals surface area contributed by atoms with Crippen LogP contribution in [0.3, 0.4) is 0 Å². The lowest BCUT2D eigenvalue weighted by atomic mass is 10.0. The van der Waals surface area contributed by atoms with Crippen LogP contribution in [0.2, 0.25) is 0 Å². The van der Waals surface area contributed by atoms with E-state index in [1.54, 1.807) is 12.1 Å². The van der Waals surface area contributed by atoms with Gasteiger partial charge in [-0.2, -0.15) is 0 Å². The second-order valence-corrected chi connectivity index (χ2v) is 10.3. The van der Waals surface area contributed by atoms with Crippen molar-refractivity contribution in [3.8, 4) is 22.5 Å². The molecule has 2 heterocycles. The van der Waals surface area contributed by atoms with E-state index in [2.05, 4.69) is 56.9 Å². The Bertz CT molecular complexity index is 1360. The van der Waals surface area contributed by atoms with Crippen LogP contribution >= 0.6 is 15.9 Å². The van der Waals surface area contributed by atoms with Gasteiger partial charge in [-0.15, -0.1) is 0 Å². The van der Waals surface area contributed by atoms with Crippen LogP contribution < -0.4 is 0 Å². The average Bonchev–Trinajstić information content (AvgIpc) is 3.52. The molecule has 1 amide bonds. The molecule has 4 nitrogen and oxygen atoms in total. The van der Waals surface area contributed by atoms with Gasteiger partial charge in [0.05, 0.1) is 15.5 Å². The topological polar surface area (TPSA) is 38.1 Å². The van der Waals surface area contributed by atoms with Gasteiger partial charge in [0.2, 0.25) is 5.91 Å².